The SMILES string of the molecule is Cc1cccc(NS(=O)(=O)c2cc(N)ccc2F)c1C. The van der Waals surface area contributed by atoms with Gasteiger partial charge in [-0.2, -0.15) is 0 Å². The van der Waals surface area contributed by atoms with Crippen LogP contribution in [0.15, 0.2) is 41.3 Å². The van der Waals surface area contributed by atoms with Crippen LogP contribution < -0.4 is 10.5 Å². The number of hydrogen-bond acceptors (Lipinski definition) is 3. The standard InChI is InChI=1S/C14H15FN2O2S/c1-9-4-3-5-13(10(9)2)17-20(18,19)14-8-11(16)6-7-12(14)15/h3-8,17H,16H2,1-2H3. The molecule has 2 aromatic carbocycles. The topological polar surface area (TPSA) is 72.2 Å². The van der Waals surface area contributed by atoms with Crippen LogP contribution in [0.2, 0.25) is 0 Å². The number of benzene rings is 2. The second-order valence-corrected chi connectivity index (χ2v) is 6.19. The first-order valence-electron chi connectivity index (χ1n) is 5.95. The van der Waals surface area contributed by atoms with Crippen molar-refractivity contribution < 1.29 is 12.8 Å². The Labute approximate surface area is 117 Å². The van der Waals surface area contributed by atoms with Crippen LogP contribution in [0, 0.1) is 19.7 Å². The summed E-state index contributed by atoms with van der Waals surface area (Å²) in [5.74, 6) is -0.836. The lowest BCUT2D eigenvalue weighted by molar-refractivity contribution is 0.570. The Morgan fingerprint density at radius 1 is 1.15 bits per heavy atom. The lowest BCUT2D eigenvalue weighted by atomic mass is 10.1. The maximum absolute atomic E-state index is 13.7. The van der Waals surface area contributed by atoms with Crippen molar-refractivity contribution in [2.24, 2.45) is 0 Å². The molecule has 0 saturated heterocycles. The zero-order valence-corrected chi connectivity index (χ0v) is 12.0. The average Bonchev–Trinajstić information content (AvgIpc) is 2.37. The summed E-state index contributed by atoms with van der Waals surface area (Å²) in [6.07, 6.45) is 0. The van der Waals surface area contributed by atoms with Crippen molar-refractivity contribution in [3.8, 4) is 0 Å². The van der Waals surface area contributed by atoms with Crippen LogP contribution in [0.25, 0.3) is 0 Å². The molecule has 20 heavy (non-hydrogen) atoms. The summed E-state index contributed by atoms with van der Waals surface area (Å²) in [6, 6.07) is 8.68. The molecule has 0 heterocycles. The summed E-state index contributed by atoms with van der Waals surface area (Å²) < 4.78 is 40.5. The third-order valence-corrected chi connectivity index (χ3v) is 4.47. The van der Waals surface area contributed by atoms with E-state index in [1.807, 2.05) is 13.0 Å². The number of nitrogen functional groups attached to an aromatic ring is 1. The maximum atomic E-state index is 13.7. The van der Waals surface area contributed by atoms with E-state index in [9.17, 15) is 12.8 Å². The van der Waals surface area contributed by atoms with Crippen molar-refractivity contribution in [3.05, 3.63) is 53.3 Å². The number of rotatable bonds is 3. The molecule has 0 saturated carbocycles. The van der Waals surface area contributed by atoms with Crippen LogP contribution in [-0.4, -0.2) is 8.42 Å². The van der Waals surface area contributed by atoms with Crippen molar-refractivity contribution in [2.45, 2.75) is 18.7 Å². The smallest absolute Gasteiger partial charge is 0.264 e. The minimum atomic E-state index is -4.01. The van der Waals surface area contributed by atoms with E-state index < -0.39 is 20.7 Å². The molecule has 0 aromatic heterocycles. The number of nitrogens with two attached hydrogens (primary N) is 1. The molecule has 0 amide bonds. The molecule has 2 aromatic rings. The number of nitrogens with one attached hydrogen (secondary N) is 1. The Morgan fingerprint density at radius 3 is 2.55 bits per heavy atom. The van der Waals surface area contributed by atoms with E-state index in [0.717, 1.165) is 23.3 Å². The summed E-state index contributed by atoms with van der Waals surface area (Å²) in [5, 5.41) is 0. The van der Waals surface area contributed by atoms with Crippen LogP contribution in [0.4, 0.5) is 15.8 Å². The predicted molar refractivity (Wildman–Crippen MR) is 77.5 cm³/mol. The molecule has 6 heteroatoms. The molecular weight excluding hydrogens is 279 g/mol. The normalized spacial score (nSPS) is 11.3. The minimum Gasteiger partial charge on any atom is -0.399 e. The fourth-order valence-corrected chi connectivity index (χ4v) is 3.02. The Morgan fingerprint density at radius 2 is 1.85 bits per heavy atom. The van der Waals surface area contributed by atoms with Crippen molar-refractivity contribution in [3.63, 3.8) is 0 Å². The van der Waals surface area contributed by atoms with Gasteiger partial charge in [-0.3, -0.25) is 4.72 Å². The molecule has 0 aliphatic rings. The summed E-state index contributed by atoms with van der Waals surface area (Å²) in [4.78, 5) is -0.460. The molecule has 0 aliphatic carbocycles. The van der Waals surface area contributed by atoms with Crippen LogP contribution in [0.3, 0.4) is 0 Å². The van der Waals surface area contributed by atoms with Crippen molar-refractivity contribution in [1.29, 1.82) is 0 Å². The molecule has 0 fully saturated rings. The summed E-state index contributed by atoms with van der Waals surface area (Å²) in [7, 11) is -4.01. The largest absolute Gasteiger partial charge is 0.399 e. The first kappa shape index (κ1) is 14.3. The van der Waals surface area contributed by atoms with Gasteiger partial charge in [-0.15, -0.1) is 0 Å². The fraction of sp³-hybridized carbons (Fsp3) is 0.143. The predicted octanol–water partition coefficient (Wildman–Crippen LogP) is 2.83. The Kier molecular flexibility index (Phi) is 3.67. The van der Waals surface area contributed by atoms with Crippen LogP contribution >= 0.6 is 0 Å². The van der Waals surface area contributed by atoms with Crippen molar-refractivity contribution in [1.82, 2.24) is 0 Å². The van der Waals surface area contributed by atoms with E-state index in [-0.39, 0.29) is 5.69 Å². The lowest BCUT2D eigenvalue weighted by Gasteiger charge is -2.12. The Hall–Kier alpha value is -2.08. The maximum Gasteiger partial charge on any atom is 0.264 e. The molecule has 3 N–H and O–H groups in total. The quantitative estimate of drug-likeness (QED) is 0.855. The highest BCUT2D eigenvalue weighted by Crippen LogP contribution is 2.24. The zero-order valence-electron chi connectivity index (χ0n) is 11.1. The number of hydrogen-bond donors (Lipinski definition) is 2. The van der Waals surface area contributed by atoms with E-state index in [1.165, 1.54) is 6.07 Å². The van der Waals surface area contributed by atoms with E-state index in [4.69, 9.17) is 5.73 Å². The van der Waals surface area contributed by atoms with Crippen molar-refractivity contribution in [2.75, 3.05) is 10.5 Å². The first-order valence-corrected chi connectivity index (χ1v) is 7.43. The van der Waals surface area contributed by atoms with E-state index in [2.05, 4.69) is 4.72 Å². The van der Waals surface area contributed by atoms with Crippen molar-refractivity contribution >= 4 is 21.4 Å². The fourth-order valence-electron chi connectivity index (χ4n) is 1.79. The van der Waals surface area contributed by atoms with Crippen LogP contribution in [-0.2, 0) is 10.0 Å². The molecular formula is C14H15FN2O2S. The van der Waals surface area contributed by atoms with Gasteiger partial charge < -0.3 is 5.73 Å². The third kappa shape index (κ3) is 2.75. The molecule has 4 nitrogen and oxygen atoms in total. The van der Waals surface area contributed by atoms with Crippen LogP contribution in [0.5, 0.6) is 0 Å². The number of halogens is 1. The van der Waals surface area contributed by atoms with Gasteiger partial charge in [0.25, 0.3) is 10.0 Å². The highest BCUT2D eigenvalue weighted by Gasteiger charge is 2.20. The summed E-state index contributed by atoms with van der Waals surface area (Å²) >= 11 is 0. The van der Waals surface area contributed by atoms with Gasteiger partial charge in [-0.1, -0.05) is 12.1 Å². The summed E-state index contributed by atoms with van der Waals surface area (Å²) in [5.41, 5.74) is 7.86. The van der Waals surface area contributed by atoms with E-state index in [1.54, 1.807) is 19.1 Å². The first-order chi connectivity index (χ1) is 9.31. The monoisotopic (exact) mass is 294 g/mol. The molecule has 0 spiro atoms. The third-order valence-electron chi connectivity index (χ3n) is 3.09. The summed E-state index contributed by atoms with van der Waals surface area (Å²) in [6.45, 7) is 3.66. The zero-order chi connectivity index (χ0) is 14.9. The van der Waals surface area contributed by atoms with Gasteiger partial charge in [-0.05, 0) is 49.2 Å². The molecule has 106 valence electrons. The van der Waals surface area contributed by atoms with E-state index in [0.29, 0.717) is 5.69 Å². The van der Waals surface area contributed by atoms with Gasteiger partial charge >= 0.3 is 0 Å². The van der Waals surface area contributed by atoms with Crippen LogP contribution in [0.1, 0.15) is 11.1 Å². The molecule has 0 radical (unpaired) electrons. The van der Waals surface area contributed by atoms with E-state index >= 15 is 0 Å². The Bertz CT molecular complexity index is 758. The second-order valence-electron chi connectivity index (χ2n) is 4.54. The highest BCUT2D eigenvalue weighted by molar-refractivity contribution is 7.92. The molecule has 0 aliphatic heterocycles. The van der Waals surface area contributed by atoms with Gasteiger partial charge in [-0.25, -0.2) is 12.8 Å². The molecule has 0 bridgehead atoms. The number of sulfonamides is 1. The highest BCUT2D eigenvalue weighted by atomic mass is 32.2. The Balaban J connectivity index is 2.46. The number of aryl methyl sites for hydroxylation is 1. The number of anilines is 2. The molecule has 2 rings (SSSR count). The lowest BCUT2D eigenvalue weighted by Crippen LogP contribution is -2.16. The van der Waals surface area contributed by atoms with Gasteiger partial charge in [0.15, 0.2) is 0 Å². The average molecular weight is 294 g/mol. The van der Waals surface area contributed by atoms with Gasteiger partial charge in [0.2, 0.25) is 0 Å². The van der Waals surface area contributed by atoms with Gasteiger partial charge in [0.1, 0.15) is 10.7 Å². The molecule has 0 atom stereocenters. The van der Waals surface area contributed by atoms with Gasteiger partial charge in [0.05, 0.1) is 5.69 Å². The molecule has 0 unspecified atom stereocenters. The minimum absolute atomic E-state index is 0.188. The van der Waals surface area contributed by atoms with Gasteiger partial charge in [0, 0.05) is 5.69 Å². The second kappa shape index (κ2) is 5.13.